The molecule has 0 amide bonds. The summed E-state index contributed by atoms with van der Waals surface area (Å²) in [6.07, 6.45) is 0. The molecule has 4 aromatic heterocycles. The lowest BCUT2D eigenvalue weighted by molar-refractivity contribution is 0.668. The molecule has 0 saturated carbocycles. The monoisotopic (exact) mass is 1050 g/mol. The van der Waals surface area contributed by atoms with Gasteiger partial charge in [-0.2, -0.15) is 0 Å². The van der Waals surface area contributed by atoms with E-state index in [1.807, 2.05) is 109 Å². The zero-order valence-corrected chi connectivity index (χ0v) is 43.9. The van der Waals surface area contributed by atoms with E-state index in [1.54, 1.807) is 0 Å². The van der Waals surface area contributed by atoms with Gasteiger partial charge >= 0.3 is 0 Å². The zero-order chi connectivity index (χ0) is 53.8. The first-order chi connectivity index (χ1) is 40.6. The third kappa shape index (κ3) is 7.53. The molecule has 11 aromatic carbocycles. The van der Waals surface area contributed by atoms with E-state index >= 15 is 0 Å². The number of hydrogen-bond acceptors (Lipinski definition) is 8. The maximum atomic E-state index is 6.28. The predicted molar refractivity (Wildman–Crippen MR) is 326 cm³/mol. The Hall–Kier alpha value is -11.0. The molecule has 0 saturated heterocycles. The van der Waals surface area contributed by atoms with E-state index in [1.165, 1.54) is 44.5 Å². The Balaban J connectivity index is 0.685. The molecule has 0 spiro atoms. The third-order valence-corrected chi connectivity index (χ3v) is 16.6. The summed E-state index contributed by atoms with van der Waals surface area (Å²) in [5, 5.41) is 4.29. The van der Waals surface area contributed by atoms with Crippen molar-refractivity contribution >= 4 is 43.9 Å². The highest BCUT2D eigenvalue weighted by molar-refractivity contribution is 6.06. The van der Waals surface area contributed by atoms with Crippen molar-refractivity contribution in [2.24, 2.45) is 0 Å². The van der Waals surface area contributed by atoms with Crippen LogP contribution in [0.4, 0.5) is 0 Å². The van der Waals surface area contributed by atoms with Crippen LogP contribution in [0.25, 0.3) is 134 Å². The summed E-state index contributed by atoms with van der Waals surface area (Å²) >= 11 is 0. The Bertz CT molecular complexity index is 4730. The van der Waals surface area contributed by atoms with E-state index < -0.39 is 0 Å². The zero-order valence-electron chi connectivity index (χ0n) is 43.9. The van der Waals surface area contributed by atoms with Crippen molar-refractivity contribution < 1.29 is 8.83 Å². The third-order valence-electron chi connectivity index (χ3n) is 16.6. The topological polar surface area (TPSA) is 104 Å². The molecule has 0 fully saturated rings. The van der Waals surface area contributed by atoms with Crippen LogP contribution < -0.4 is 0 Å². The van der Waals surface area contributed by atoms with Crippen molar-refractivity contribution in [3.8, 4) is 90.6 Å². The molecule has 82 heavy (non-hydrogen) atoms. The molecular formula is C74H44N6O2. The fraction of sp³-hybridized carbons (Fsp3) is 0.0270. The molecule has 0 aliphatic heterocycles. The molecule has 2 bridgehead atoms. The Morgan fingerprint density at radius 1 is 0.195 bits per heavy atom. The standard InChI is InChI=1S/C74H44N6O2/c1-3-13-45(14-4-1)69-75-71(79-73(77-69)51-33-35-55-53-17-9-11-21-63(53)81-65(55)41-51)47-27-23-43(24-28-47)49-31-37-59-61(39-49)67-57-19-7-8-20-58(57)68(59)62-40-50(32-38-60(62)67)44-25-29-48(30-26-44)72-76-70(46-15-5-2-6-16-46)78-74(80-72)52-34-36-56-54-18-10-12-22-64(54)82-66(56)42-52/h1-42,67-68H. The molecule has 18 rings (SSSR count). The molecule has 3 aliphatic carbocycles. The number of fused-ring (bicyclic) bond motifs is 6. The van der Waals surface area contributed by atoms with Crippen molar-refractivity contribution in [3.05, 3.63) is 288 Å². The average Bonchev–Trinajstić information content (AvgIpc) is 3.00. The number of para-hydroxylation sites is 2. The highest BCUT2D eigenvalue weighted by Crippen LogP contribution is 2.57. The van der Waals surface area contributed by atoms with Crippen molar-refractivity contribution in [2.45, 2.75) is 11.8 Å². The minimum Gasteiger partial charge on any atom is -0.456 e. The molecule has 8 nitrogen and oxygen atoms in total. The van der Waals surface area contributed by atoms with Gasteiger partial charge in [-0.15, -0.1) is 0 Å². The second kappa shape index (κ2) is 18.3. The number of hydrogen-bond donors (Lipinski definition) is 0. The first-order valence-corrected chi connectivity index (χ1v) is 27.6. The van der Waals surface area contributed by atoms with Gasteiger partial charge in [-0.25, -0.2) is 29.9 Å². The van der Waals surface area contributed by atoms with Crippen molar-refractivity contribution in [3.63, 3.8) is 0 Å². The van der Waals surface area contributed by atoms with Gasteiger partial charge < -0.3 is 8.83 Å². The molecule has 15 aromatic rings. The van der Waals surface area contributed by atoms with Gasteiger partial charge in [0.25, 0.3) is 0 Å². The van der Waals surface area contributed by atoms with Crippen molar-refractivity contribution in [2.75, 3.05) is 0 Å². The highest BCUT2D eigenvalue weighted by atomic mass is 16.3. The fourth-order valence-electron chi connectivity index (χ4n) is 12.6. The number of furan rings is 2. The molecule has 2 unspecified atom stereocenters. The van der Waals surface area contributed by atoms with Crippen LogP contribution in [0.1, 0.15) is 45.2 Å². The summed E-state index contributed by atoms with van der Waals surface area (Å²) in [4.78, 5) is 30.3. The largest absolute Gasteiger partial charge is 0.456 e. The lowest BCUT2D eigenvalue weighted by Gasteiger charge is -2.42. The molecule has 8 heteroatoms. The molecule has 3 aliphatic rings. The van der Waals surface area contributed by atoms with Gasteiger partial charge in [0.2, 0.25) is 0 Å². The van der Waals surface area contributed by atoms with E-state index in [4.69, 9.17) is 38.7 Å². The SMILES string of the molecule is c1ccc(-c2nc(-c3ccc(-c4ccc5c(c4)C4c6ccccc6C5c5cc(-c6ccc(-c7nc(-c8ccccc8)nc(-c8ccc9c(c8)oc8ccccc89)n7)cc6)ccc54)cc3)nc(-c3ccc4c(c3)oc3ccccc34)n2)cc1. The van der Waals surface area contributed by atoms with Gasteiger partial charge in [0.15, 0.2) is 34.9 Å². The Kier molecular flexibility index (Phi) is 10.3. The summed E-state index contributed by atoms with van der Waals surface area (Å²) < 4.78 is 12.6. The normalized spacial score (nSPS) is 14.1. The second-order valence-electron chi connectivity index (χ2n) is 21.3. The lowest BCUT2D eigenvalue weighted by atomic mass is 9.60. The highest BCUT2D eigenvalue weighted by Gasteiger charge is 2.41. The number of rotatable bonds is 8. The van der Waals surface area contributed by atoms with E-state index in [0.29, 0.717) is 34.9 Å². The van der Waals surface area contributed by atoms with E-state index in [9.17, 15) is 0 Å². The Morgan fingerprint density at radius 2 is 0.488 bits per heavy atom. The lowest BCUT2D eigenvalue weighted by Crippen LogP contribution is -2.27. The first-order valence-electron chi connectivity index (χ1n) is 27.6. The van der Waals surface area contributed by atoms with Gasteiger partial charge in [-0.3, -0.25) is 0 Å². The quantitative estimate of drug-likeness (QED) is 0.148. The van der Waals surface area contributed by atoms with Crippen LogP contribution in [0.3, 0.4) is 0 Å². The molecular weight excluding hydrogens is 1000 g/mol. The van der Waals surface area contributed by atoms with Gasteiger partial charge in [0.05, 0.1) is 0 Å². The molecule has 4 heterocycles. The van der Waals surface area contributed by atoms with E-state index in [2.05, 4.69) is 146 Å². The van der Waals surface area contributed by atoms with E-state index in [-0.39, 0.29) is 11.8 Å². The molecule has 0 radical (unpaired) electrons. The predicted octanol–water partition coefficient (Wildman–Crippen LogP) is 18.2. The summed E-state index contributed by atoms with van der Waals surface area (Å²) in [6, 6.07) is 89.2. The van der Waals surface area contributed by atoms with Crippen LogP contribution in [0, 0.1) is 0 Å². The van der Waals surface area contributed by atoms with Crippen LogP contribution in [0.15, 0.2) is 264 Å². The number of nitrogens with zero attached hydrogens (tertiary/aromatic N) is 6. The van der Waals surface area contributed by atoms with Crippen LogP contribution in [0.5, 0.6) is 0 Å². The molecule has 382 valence electrons. The van der Waals surface area contributed by atoms with Gasteiger partial charge in [0, 0.05) is 66.8 Å². The minimum atomic E-state index is 0.102. The van der Waals surface area contributed by atoms with Crippen molar-refractivity contribution in [1.82, 2.24) is 29.9 Å². The van der Waals surface area contributed by atoms with Crippen LogP contribution in [-0.4, -0.2) is 29.9 Å². The maximum absolute atomic E-state index is 6.28. The Labute approximate surface area is 470 Å². The summed E-state index contributed by atoms with van der Waals surface area (Å²) in [6.45, 7) is 0. The van der Waals surface area contributed by atoms with Gasteiger partial charge in [-0.05, 0) is 104 Å². The van der Waals surface area contributed by atoms with Gasteiger partial charge in [-0.1, -0.05) is 206 Å². The number of benzene rings is 11. The average molecular weight is 1050 g/mol. The van der Waals surface area contributed by atoms with Crippen molar-refractivity contribution in [1.29, 1.82) is 0 Å². The van der Waals surface area contributed by atoms with Crippen LogP contribution in [-0.2, 0) is 0 Å². The van der Waals surface area contributed by atoms with E-state index in [0.717, 1.165) is 88.4 Å². The molecule has 0 N–H and O–H groups in total. The Morgan fingerprint density at radius 3 is 0.902 bits per heavy atom. The molecule has 2 atom stereocenters. The van der Waals surface area contributed by atoms with Gasteiger partial charge in [0.1, 0.15) is 22.3 Å². The second-order valence-corrected chi connectivity index (χ2v) is 21.3. The summed E-state index contributed by atoms with van der Waals surface area (Å²) in [5.41, 5.74) is 21.5. The maximum Gasteiger partial charge on any atom is 0.164 e. The summed E-state index contributed by atoms with van der Waals surface area (Å²) in [7, 11) is 0. The minimum absolute atomic E-state index is 0.102. The fourth-order valence-corrected chi connectivity index (χ4v) is 12.6. The van der Waals surface area contributed by atoms with Crippen LogP contribution >= 0.6 is 0 Å². The first kappa shape index (κ1) is 46.0. The smallest absolute Gasteiger partial charge is 0.164 e. The number of aromatic nitrogens is 6. The van der Waals surface area contributed by atoms with Crippen LogP contribution in [0.2, 0.25) is 0 Å². The summed E-state index contributed by atoms with van der Waals surface area (Å²) in [5.74, 6) is 3.82.